The average Bonchev–Trinajstić information content (AvgIpc) is 3.04. The number of amides is 1. The molecule has 2 saturated heterocycles. The molecule has 1 unspecified atom stereocenters. The summed E-state index contributed by atoms with van der Waals surface area (Å²) in [5, 5.41) is 3.47. The first-order valence-corrected chi connectivity index (χ1v) is 7.67. The van der Waals surface area contributed by atoms with Crippen molar-refractivity contribution in [1.29, 1.82) is 0 Å². The molecule has 116 valence electrons. The summed E-state index contributed by atoms with van der Waals surface area (Å²) in [6.07, 6.45) is -0.401. The van der Waals surface area contributed by atoms with Gasteiger partial charge in [0.25, 0.3) is 5.92 Å². The molecule has 1 aromatic rings. The van der Waals surface area contributed by atoms with Gasteiger partial charge in [-0.25, -0.2) is 13.8 Å². The molecule has 0 aliphatic carbocycles. The lowest BCUT2D eigenvalue weighted by Gasteiger charge is -2.35. The summed E-state index contributed by atoms with van der Waals surface area (Å²) >= 11 is 1.34. The Bertz CT molecular complexity index is 529. The smallest absolute Gasteiger partial charge is 0.262 e. The molecule has 21 heavy (non-hydrogen) atoms. The Labute approximate surface area is 125 Å². The SMILES string of the molecule is Cc1nsc(N2CCN(C(=O)C3CC(F)(F)CN3)CC2)n1. The highest BCUT2D eigenvalue weighted by molar-refractivity contribution is 7.09. The maximum atomic E-state index is 13.2. The lowest BCUT2D eigenvalue weighted by molar-refractivity contribution is -0.134. The van der Waals surface area contributed by atoms with E-state index >= 15 is 0 Å². The van der Waals surface area contributed by atoms with Crippen LogP contribution in [0, 0.1) is 6.92 Å². The molecule has 1 atom stereocenters. The van der Waals surface area contributed by atoms with Crippen molar-refractivity contribution in [3.63, 3.8) is 0 Å². The van der Waals surface area contributed by atoms with Crippen molar-refractivity contribution in [3.8, 4) is 0 Å². The van der Waals surface area contributed by atoms with Crippen molar-refractivity contribution in [3.05, 3.63) is 5.82 Å². The Kier molecular flexibility index (Phi) is 3.78. The number of nitrogens with zero attached hydrogens (tertiary/aromatic N) is 4. The Morgan fingerprint density at radius 2 is 2.10 bits per heavy atom. The Balaban J connectivity index is 1.55. The Hall–Kier alpha value is -1.35. The van der Waals surface area contributed by atoms with Gasteiger partial charge < -0.3 is 9.80 Å². The first-order chi connectivity index (χ1) is 9.94. The van der Waals surface area contributed by atoms with Crippen LogP contribution in [-0.2, 0) is 4.79 Å². The van der Waals surface area contributed by atoms with Crippen LogP contribution in [-0.4, -0.2) is 64.9 Å². The predicted octanol–water partition coefficient (Wildman–Crippen LogP) is 0.492. The highest BCUT2D eigenvalue weighted by Gasteiger charge is 2.43. The quantitative estimate of drug-likeness (QED) is 0.860. The summed E-state index contributed by atoms with van der Waals surface area (Å²) in [5.74, 6) is -2.25. The number of carbonyl (C=O) groups excluding carboxylic acids is 1. The van der Waals surface area contributed by atoms with Gasteiger partial charge in [-0.05, 0) is 6.92 Å². The molecule has 1 aromatic heterocycles. The second-order valence-corrected chi connectivity index (χ2v) is 6.16. The zero-order chi connectivity index (χ0) is 15.0. The van der Waals surface area contributed by atoms with Crippen LogP contribution < -0.4 is 10.2 Å². The predicted molar refractivity (Wildman–Crippen MR) is 74.8 cm³/mol. The molecule has 0 saturated carbocycles. The second kappa shape index (κ2) is 5.45. The molecule has 2 fully saturated rings. The van der Waals surface area contributed by atoms with Crippen molar-refractivity contribution < 1.29 is 13.6 Å². The maximum Gasteiger partial charge on any atom is 0.262 e. The van der Waals surface area contributed by atoms with Crippen molar-refractivity contribution in [2.45, 2.75) is 25.3 Å². The molecule has 6 nitrogen and oxygen atoms in total. The number of rotatable bonds is 2. The molecule has 9 heteroatoms. The molecule has 0 aromatic carbocycles. The van der Waals surface area contributed by atoms with Crippen molar-refractivity contribution in [1.82, 2.24) is 19.6 Å². The summed E-state index contributed by atoms with van der Waals surface area (Å²) in [6.45, 7) is 3.80. The summed E-state index contributed by atoms with van der Waals surface area (Å²) in [6, 6.07) is -0.754. The molecule has 1 N–H and O–H groups in total. The fourth-order valence-corrected chi connectivity index (χ4v) is 3.37. The zero-order valence-electron chi connectivity index (χ0n) is 11.7. The highest BCUT2D eigenvalue weighted by atomic mass is 32.1. The average molecular weight is 317 g/mol. The number of anilines is 1. The number of alkyl halides is 2. The lowest BCUT2D eigenvalue weighted by Crippen LogP contribution is -2.53. The van der Waals surface area contributed by atoms with E-state index in [1.54, 1.807) is 4.90 Å². The zero-order valence-corrected chi connectivity index (χ0v) is 12.5. The number of aromatic nitrogens is 2. The van der Waals surface area contributed by atoms with Gasteiger partial charge in [-0.2, -0.15) is 4.37 Å². The molecule has 2 aliphatic rings. The number of hydrogen-bond donors (Lipinski definition) is 1. The van der Waals surface area contributed by atoms with Gasteiger partial charge >= 0.3 is 0 Å². The molecule has 3 heterocycles. The minimum absolute atomic E-state index is 0.222. The van der Waals surface area contributed by atoms with E-state index in [-0.39, 0.29) is 5.91 Å². The standard InChI is InChI=1S/C12H17F2N5OS/c1-8-16-11(21-17-8)19-4-2-18(3-5-19)10(20)9-6-12(13,14)7-15-9/h9,15H,2-7H2,1H3. The lowest BCUT2D eigenvalue weighted by atomic mass is 10.1. The van der Waals surface area contributed by atoms with E-state index in [0.29, 0.717) is 26.2 Å². The minimum atomic E-state index is -2.77. The molecule has 3 rings (SSSR count). The molecule has 2 aliphatic heterocycles. The van der Waals surface area contributed by atoms with E-state index in [9.17, 15) is 13.6 Å². The van der Waals surface area contributed by atoms with Gasteiger partial charge in [-0.1, -0.05) is 0 Å². The fraction of sp³-hybridized carbons (Fsp3) is 0.750. The fourth-order valence-electron chi connectivity index (χ4n) is 2.64. The monoisotopic (exact) mass is 317 g/mol. The molecular weight excluding hydrogens is 300 g/mol. The van der Waals surface area contributed by atoms with Crippen LogP contribution in [0.5, 0.6) is 0 Å². The maximum absolute atomic E-state index is 13.2. The number of halogens is 2. The molecular formula is C12H17F2N5OS. The summed E-state index contributed by atoms with van der Waals surface area (Å²) in [4.78, 5) is 20.3. The van der Waals surface area contributed by atoms with Gasteiger partial charge in [0.05, 0.1) is 12.6 Å². The van der Waals surface area contributed by atoms with E-state index in [2.05, 4.69) is 19.6 Å². The van der Waals surface area contributed by atoms with Gasteiger partial charge in [-0.3, -0.25) is 10.1 Å². The topological polar surface area (TPSA) is 61.4 Å². The van der Waals surface area contributed by atoms with Crippen LogP contribution >= 0.6 is 11.5 Å². The molecule has 0 bridgehead atoms. The first kappa shape index (κ1) is 14.6. The van der Waals surface area contributed by atoms with Gasteiger partial charge in [0.15, 0.2) is 0 Å². The molecule has 1 amide bonds. The van der Waals surface area contributed by atoms with Gasteiger partial charge in [-0.15, -0.1) is 0 Å². The minimum Gasteiger partial charge on any atom is -0.343 e. The number of carbonyl (C=O) groups is 1. The van der Waals surface area contributed by atoms with E-state index in [1.807, 2.05) is 6.92 Å². The van der Waals surface area contributed by atoms with E-state index in [4.69, 9.17) is 0 Å². The van der Waals surface area contributed by atoms with Crippen molar-refractivity contribution >= 4 is 22.6 Å². The number of piperazine rings is 1. The Morgan fingerprint density at radius 1 is 1.38 bits per heavy atom. The first-order valence-electron chi connectivity index (χ1n) is 6.90. The third-order valence-electron chi connectivity index (χ3n) is 3.79. The van der Waals surface area contributed by atoms with E-state index < -0.39 is 24.9 Å². The second-order valence-electron chi connectivity index (χ2n) is 5.43. The van der Waals surface area contributed by atoms with Gasteiger partial charge in [0, 0.05) is 44.1 Å². The third-order valence-corrected chi connectivity index (χ3v) is 4.65. The van der Waals surface area contributed by atoms with Crippen LogP contribution in [0.1, 0.15) is 12.2 Å². The van der Waals surface area contributed by atoms with Gasteiger partial charge in [0.2, 0.25) is 11.0 Å². The molecule has 0 spiro atoms. The van der Waals surface area contributed by atoms with Crippen LogP contribution in [0.2, 0.25) is 0 Å². The van der Waals surface area contributed by atoms with Crippen LogP contribution in [0.15, 0.2) is 0 Å². The Morgan fingerprint density at radius 3 is 2.62 bits per heavy atom. The number of hydrogen-bond acceptors (Lipinski definition) is 6. The summed E-state index contributed by atoms with van der Waals surface area (Å²) < 4.78 is 30.4. The van der Waals surface area contributed by atoms with Crippen LogP contribution in [0.3, 0.4) is 0 Å². The van der Waals surface area contributed by atoms with Gasteiger partial charge in [0.1, 0.15) is 5.82 Å². The summed E-state index contributed by atoms with van der Waals surface area (Å²) in [7, 11) is 0. The largest absolute Gasteiger partial charge is 0.343 e. The highest BCUT2D eigenvalue weighted by Crippen LogP contribution is 2.26. The van der Waals surface area contributed by atoms with E-state index in [0.717, 1.165) is 11.0 Å². The van der Waals surface area contributed by atoms with Crippen LogP contribution in [0.4, 0.5) is 13.9 Å². The van der Waals surface area contributed by atoms with Crippen LogP contribution in [0.25, 0.3) is 0 Å². The number of aryl methyl sites for hydroxylation is 1. The van der Waals surface area contributed by atoms with Crippen molar-refractivity contribution in [2.75, 3.05) is 37.6 Å². The molecule has 0 radical (unpaired) electrons. The normalized spacial score (nSPS) is 25.4. The van der Waals surface area contributed by atoms with E-state index in [1.165, 1.54) is 11.5 Å². The third kappa shape index (κ3) is 3.13. The number of nitrogens with one attached hydrogen (secondary N) is 1. The summed E-state index contributed by atoms with van der Waals surface area (Å²) in [5.41, 5.74) is 0. The van der Waals surface area contributed by atoms with Crippen molar-refractivity contribution in [2.24, 2.45) is 0 Å².